The third-order valence-electron chi connectivity index (χ3n) is 1.74. The van der Waals surface area contributed by atoms with E-state index in [0.29, 0.717) is 17.3 Å². The Bertz CT molecular complexity index is 446. The van der Waals surface area contributed by atoms with Crippen LogP contribution < -0.4 is 0 Å². The highest BCUT2D eigenvalue weighted by Crippen LogP contribution is 2.12. The van der Waals surface area contributed by atoms with Crippen molar-refractivity contribution in [1.82, 2.24) is 4.98 Å². The molecule has 1 aromatic heterocycles. The molecule has 1 aromatic rings. The molecule has 0 saturated carbocycles. The van der Waals surface area contributed by atoms with Crippen LogP contribution in [0.4, 0.5) is 0 Å². The molecule has 0 N–H and O–H groups in total. The lowest BCUT2D eigenvalue weighted by Gasteiger charge is -1.97. The second-order valence-electron chi connectivity index (χ2n) is 3.13. The van der Waals surface area contributed by atoms with Gasteiger partial charge in [-0.2, -0.15) is 0 Å². The van der Waals surface area contributed by atoms with Gasteiger partial charge >= 0.3 is 5.97 Å². The van der Waals surface area contributed by atoms with Crippen molar-refractivity contribution in [3.63, 3.8) is 0 Å². The number of carbonyl (C=O) groups excluding carboxylic acids is 1. The molecule has 0 saturated heterocycles. The van der Waals surface area contributed by atoms with Crippen molar-refractivity contribution in [2.75, 3.05) is 6.61 Å². The monoisotopic (exact) mass is 237 g/mol. The molecule has 3 nitrogen and oxygen atoms in total. The summed E-state index contributed by atoms with van der Waals surface area (Å²) in [6, 6.07) is 1.83. The number of ether oxygens (including phenoxy) is 1. The molecule has 0 aliphatic heterocycles. The fraction of sp³-hybridized carbons (Fsp3) is 0.333. The van der Waals surface area contributed by atoms with Crippen molar-refractivity contribution in [3.8, 4) is 11.8 Å². The van der Waals surface area contributed by atoms with Gasteiger partial charge in [-0.1, -0.05) is 23.4 Å². The molecule has 0 bridgehead atoms. The van der Waals surface area contributed by atoms with Crippen molar-refractivity contribution >= 4 is 17.6 Å². The van der Waals surface area contributed by atoms with E-state index in [1.54, 1.807) is 13.1 Å². The molecule has 0 atom stereocenters. The van der Waals surface area contributed by atoms with Crippen LogP contribution in [0.15, 0.2) is 12.3 Å². The minimum Gasteiger partial charge on any atom is -0.465 e. The van der Waals surface area contributed by atoms with Crippen molar-refractivity contribution in [3.05, 3.63) is 28.5 Å². The lowest BCUT2D eigenvalue weighted by atomic mass is 10.2. The molecule has 0 amide bonds. The van der Waals surface area contributed by atoms with Crippen LogP contribution in [0.1, 0.15) is 24.5 Å². The standard InChI is InChI=1S/C12H12ClNO2/c1-3-16-11(15)6-4-5-10-7-9(2)8-14-12(10)13/h7-8H,3,6H2,1-2H3. The van der Waals surface area contributed by atoms with Crippen LogP contribution in [0.25, 0.3) is 0 Å². The number of pyridine rings is 1. The summed E-state index contributed by atoms with van der Waals surface area (Å²) in [5, 5.41) is 0.349. The molecule has 0 fully saturated rings. The molecule has 0 unspecified atom stereocenters. The van der Waals surface area contributed by atoms with Crippen LogP contribution in [0.3, 0.4) is 0 Å². The fourth-order valence-corrected chi connectivity index (χ4v) is 1.21. The molecule has 4 heteroatoms. The number of hydrogen-bond donors (Lipinski definition) is 0. The lowest BCUT2D eigenvalue weighted by molar-refractivity contribution is -0.141. The van der Waals surface area contributed by atoms with Gasteiger partial charge < -0.3 is 4.74 Å². The van der Waals surface area contributed by atoms with Gasteiger partial charge in [0.2, 0.25) is 0 Å². The molecule has 1 heterocycles. The van der Waals surface area contributed by atoms with E-state index in [-0.39, 0.29) is 12.4 Å². The van der Waals surface area contributed by atoms with Gasteiger partial charge in [0, 0.05) is 6.20 Å². The molecule has 0 aliphatic rings. The number of esters is 1. The van der Waals surface area contributed by atoms with Gasteiger partial charge in [-0.15, -0.1) is 0 Å². The minimum absolute atomic E-state index is 0.0676. The van der Waals surface area contributed by atoms with Gasteiger partial charge in [0.25, 0.3) is 0 Å². The normalized spacial score (nSPS) is 9.19. The van der Waals surface area contributed by atoms with Crippen LogP contribution >= 0.6 is 11.6 Å². The first-order valence-corrected chi connectivity index (χ1v) is 5.28. The van der Waals surface area contributed by atoms with E-state index in [4.69, 9.17) is 16.3 Å². The predicted molar refractivity (Wildman–Crippen MR) is 62.1 cm³/mol. The van der Waals surface area contributed by atoms with E-state index in [1.807, 2.05) is 13.0 Å². The quantitative estimate of drug-likeness (QED) is 0.450. The molecular weight excluding hydrogens is 226 g/mol. The second kappa shape index (κ2) is 6.14. The highest BCUT2D eigenvalue weighted by molar-refractivity contribution is 6.30. The maximum Gasteiger partial charge on any atom is 0.317 e. The third-order valence-corrected chi connectivity index (χ3v) is 2.04. The fourth-order valence-electron chi connectivity index (χ4n) is 1.06. The van der Waals surface area contributed by atoms with E-state index in [2.05, 4.69) is 16.8 Å². The van der Waals surface area contributed by atoms with Crippen molar-refractivity contribution in [1.29, 1.82) is 0 Å². The van der Waals surface area contributed by atoms with Gasteiger partial charge in [0.05, 0.1) is 12.2 Å². The first kappa shape index (κ1) is 12.5. The summed E-state index contributed by atoms with van der Waals surface area (Å²) in [5.41, 5.74) is 1.61. The van der Waals surface area contributed by atoms with Gasteiger partial charge in [-0.05, 0) is 25.5 Å². The van der Waals surface area contributed by atoms with Gasteiger partial charge in [-0.25, -0.2) is 4.98 Å². The lowest BCUT2D eigenvalue weighted by Crippen LogP contribution is -2.01. The summed E-state index contributed by atoms with van der Waals surface area (Å²) in [6.45, 7) is 4.03. The maximum atomic E-state index is 11.0. The first-order chi connectivity index (χ1) is 7.63. The summed E-state index contributed by atoms with van der Waals surface area (Å²) >= 11 is 5.84. The summed E-state index contributed by atoms with van der Waals surface area (Å²) in [7, 11) is 0. The maximum absolute atomic E-state index is 11.0. The molecule has 84 valence electrons. The summed E-state index contributed by atoms with van der Waals surface area (Å²) in [6.07, 6.45) is 1.73. The zero-order chi connectivity index (χ0) is 12.0. The average Bonchev–Trinajstić information content (AvgIpc) is 2.23. The number of halogens is 1. The van der Waals surface area contributed by atoms with E-state index in [1.165, 1.54) is 0 Å². The van der Waals surface area contributed by atoms with Gasteiger partial charge in [0.15, 0.2) is 0 Å². The SMILES string of the molecule is CCOC(=O)CC#Cc1cc(C)cnc1Cl. The first-order valence-electron chi connectivity index (χ1n) is 4.90. The van der Waals surface area contributed by atoms with E-state index in [0.717, 1.165) is 5.56 Å². The molecule has 16 heavy (non-hydrogen) atoms. The minimum atomic E-state index is -0.327. The van der Waals surface area contributed by atoms with Gasteiger partial charge in [0.1, 0.15) is 11.6 Å². The van der Waals surface area contributed by atoms with Crippen molar-refractivity contribution in [2.24, 2.45) is 0 Å². The Morgan fingerprint density at radius 1 is 1.62 bits per heavy atom. The van der Waals surface area contributed by atoms with E-state index in [9.17, 15) is 4.79 Å². The number of hydrogen-bond acceptors (Lipinski definition) is 3. The Morgan fingerprint density at radius 3 is 3.06 bits per heavy atom. The highest BCUT2D eigenvalue weighted by Gasteiger charge is 1.99. The number of nitrogens with zero attached hydrogens (tertiary/aromatic N) is 1. The van der Waals surface area contributed by atoms with Crippen LogP contribution in [0.2, 0.25) is 5.15 Å². The van der Waals surface area contributed by atoms with E-state index < -0.39 is 0 Å². The molecule has 1 rings (SSSR count). The van der Waals surface area contributed by atoms with Crippen LogP contribution in [-0.2, 0) is 9.53 Å². The van der Waals surface area contributed by atoms with Crippen LogP contribution in [0, 0.1) is 18.8 Å². The smallest absolute Gasteiger partial charge is 0.317 e. The predicted octanol–water partition coefficient (Wildman–Crippen LogP) is 2.35. The Morgan fingerprint density at radius 2 is 2.38 bits per heavy atom. The third kappa shape index (κ3) is 3.92. The Labute approximate surface area is 99.8 Å². The number of aryl methyl sites for hydroxylation is 1. The van der Waals surface area contributed by atoms with Crippen LogP contribution in [-0.4, -0.2) is 17.6 Å². The Kier molecular flexibility index (Phi) is 4.81. The summed E-state index contributed by atoms with van der Waals surface area (Å²) in [4.78, 5) is 15.0. The average molecular weight is 238 g/mol. The number of rotatable bonds is 2. The number of carbonyl (C=O) groups is 1. The summed E-state index contributed by atoms with van der Waals surface area (Å²) in [5.74, 6) is 5.18. The van der Waals surface area contributed by atoms with Crippen molar-refractivity contribution in [2.45, 2.75) is 20.3 Å². The second-order valence-corrected chi connectivity index (χ2v) is 3.49. The van der Waals surface area contributed by atoms with Gasteiger partial charge in [-0.3, -0.25) is 4.79 Å². The molecular formula is C12H12ClNO2. The van der Waals surface area contributed by atoms with E-state index >= 15 is 0 Å². The topological polar surface area (TPSA) is 39.2 Å². The molecule has 0 spiro atoms. The Balaban J connectivity index is 2.69. The number of aromatic nitrogens is 1. The molecule has 0 aromatic carbocycles. The zero-order valence-corrected chi connectivity index (χ0v) is 9.97. The summed E-state index contributed by atoms with van der Waals surface area (Å²) < 4.78 is 4.74. The highest BCUT2D eigenvalue weighted by atomic mass is 35.5. The zero-order valence-electron chi connectivity index (χ0n) is 9.21. The molecule has 0 aliphatic carbocycles. The largest absolute Gasteiger partial charge is 0.465 e. The Hall–Kier alpha value is -1.53. The van der Waals surface area contributed by atoms with Crippen LogP contribution in [0.5, 0.6) is 0 Å². The molecule has 0 radical (unpaired) electrons. The van der Waals surface area contributed by atoms with Crippen molar-refractivity contribution < 1.29 is 9.53 Å².